The molecule has 3 rings (SSSR count). The number of hydrogen-bond donors (Lipinski definition) is 2. The van der Waals surface area contributed by atoms with Crippen LogP contribution in [-0.2, 0) is 4.74 Å². The topological polar surface area (TPSA) is 73.2 Å². The number of phenolic OH excluding ortho intramolecular Hbond substituents is 2. The van der Waals surface area contributed by atoms with Crippen LogP contribution in [0.5, 0.6) is 11.5 Å². The second-order valence-corrected chi connectivity index (χ2v) is 5.54. The average Bonchev–Trinajstić information content (AvgIpc) is 2.97. The van der Waals surface area contributed by atoms with Gasteiger partial charge in [-0.1, -0.05) is 0 Å². The zero-order valence-corrected chi connectivity index (χ0v) is 11.9. The van der Waals surface area contributed by atoms with E-state index < -0.39 is 0 Å². The van der Waals surface area contributed by atoms with E-state index in [1.54, 1.807) is 4.90 Å². The van der Waals surface area contributed by atoms with Gasteiger partial charge in [0.2, 0.25) is 0 Å². The van der Waals surface area contributed by atoms with Crippen LogP contribution in [-0.4, -0.2) is 71.4 Å². The molecule has 1 unspecified atom stereocenters. The molecular weight excluding hydrogens is 272 g/mol. The summed E-state index contributed by atoms with van der Waals surface area (Å²) in [7, 11) is 0. The van der Waals surface area contributed by atoms with E-state index in [-0.39, 0.29) is 23.0 Å². The normalized spacial score (nSPS) is 23.4. The van der Waals surface area contributed by atoms with Crippen molar-refractivity contribution in [3.8, 4) is 11.5 Å². The lowest BCUT2D eigenvalue weighted by Crippen LogP contribution is -2.45. The molecule has 1 aromatic carbocycles. The van der Waals surface area contributed by atoms with Crippen molar-refractivity contribution in [3.63, 3.8) is 0 Å². The third-order valence-electron chi connectivity index (χ3n) is 4.22. The Balaban J connectivity index is 1.66. The van der Waals surface area contributed by atoms with Crippen LogP contribution in [0.2, 0.25) is 0 Å². The summed E-state index contributed by atoms with van der Waals surface area (Å²) in [5.41, 5.74) is 0.246. The number of likely N-dealkylation sites (tertiary alicyclic amines) is 1. The number of amides is 1. The SMILES string of the molecule is O=C(c1ccc(O)cc1O)N1CCC(N2CCOCC2)C1. The minimum Gasteiger partial charge on any atom is -0.508 e. The van der Waals surface area contributed by atoms with Gasteiger partial charge in [-0.15, -0.1) is 0 Å². The monoisotopic (exact) mass is 292 g/mol. The van der Waals surface area contributed by atoms with Gasteiger partial charge in [0.15, 0.2) is 0 Å². The highest BCUT2D eigenvalue weighted by Crippen LogP contribution is 2.26. The summed E-state index contributed by atoms with van der Waals surface area (Å²) < 4.78 is 5.35. The molecule has 0 radical (unpaired) electrons. The number of morpholine rings is 1. The van der Waals surface area contributed by atoms with Crippen LogP contribution in [0.15, 0.2) is 18.2 Å². The van der Waals surface area contributed by atoms with E-state index in [0.717, 1.165) is 32.7 Å². The smallest absolute Gasteiger partial charge is 0.257 e. The second kappa shape index (κ2) is 5.91. The van der Waals surface area contributed by atoms with E-state index in [1.807, 2.05) is 0 Å². The third-order valence-corrected chi connectivity index (χ3v) is 4.22. The number of benzene rings is 1. The van der Waals surface area contributed by atoms with Crippen LogP contribution in [0.3, 0.4) is 0 Å². The molecule has 0 spiro atoms. The first kappa shape index (κ1) is 14.2. The van der Waals surface area contributed by atoms with Crippen LogP contribution in [0, 0.1) is 0 Å². The second-order valence-electron chi connectivity index (χ2n) is 5.54. The molecule has 2 saturated heterocycles. The Kier molecular flexibility index (Phi) is 3.98. The molecule has 6 nitrogen and oxygen atoms in total. The fourth-order valence-corrected chi connectivity index (χ4v) is 3.04. The maximum Gasteiger partial charge on any atom is 0.257 e. The van der Waals surface area contributed by atoms with Crippen LogP contribution < -0.4 is 0 Å². The number of carbonyl (C=O) groups is 1. The standard InChI is InChI=1S/C15H20N2O4/c18-12-1-2-13(14(19)9-12)15(20)17-4-3-11(10-17)16-5-7-21-8-6-16/h1-2,9,11,18-19H,3-8,10H2. The lowest BCUT2D eigenvalue weighted by Gasteiger charge is -2.32. The summed E-state index contributed by atoms with van der Waals surface area (Å²) in [6.45, 7) is 4.71. The molecule has 2 fully saturated rings. The Hall–Kier alpha value is -1.79. The van der Waals surface area contributed by atoms with E-state index in [0.29, 0.717) is 19.1 Å². The number of aromatic hydroxyl groups is 2. The summed E-state index contributed by atoms with van der Waals surface area (Å²) >= 11 is 0. The summed E-state index contributed by atoms with van der Waals surface area (Å²) in [6, 6.07) is 4.46. The molecule has 2 aliphatic rings. The molecule has 1 atom stereocenters. The van der Waals surface area contributed by atoms with Gasteiger partial charge < -0.3 is 19.8 Å². The predicted octanol–water partition coefficient (Wildman–Crippen LogP) is 0.644. The zero-order valence-electron chi connectivity index (χ0n) is 11.9. The lowest BCUT2D eigenvalue weighted by atomic mass is 10.1. The molecule has 21 heavy (non-hydrogen) atoms. The third kappa shape index (κ3) is 2.96. The fourth-order valence-electron chi connectivity index (χ4n) is 3.04. The molecule has 0 bridgehead atoms. The number of ether oxygens (including phenoxy) is 1. The molecule has 6 heteroatoms. The van der Waals surface area contributed by atoms with Gasteiger partial charge >= 0.3 is 0 Å². The van der Waals surface area contributed by atoms with Crippen molar-refractivity contribution in [1.29, 1.82) is 0 Å². The molecule has 2 heterocycles. The van der Waals surface area contributed by atoms with Crippen LogP contribution in [0.1, 0.15) is 16.8 Å². The van der Waals surface area contributed by atoms with Crippen LogP contribution >= 0.6 is 0 Å². The first-order valence-electron chi connectivity index (χ1n) is 7.28. The number of carbonyl (C=O) groups excluding carboxylic acids is 1. The first-order valence-corrected chi connectivity index (χ1v) is 7.28. The summed E-state index contributed by atoms with van der Waals surface area (Å²) in [4.78, 5) is 16.6. The van der Waals surface area contributed by atoms with Crippen molar-refractivity contribution in [2.24, 2.45) is 0 Å². The largest absolute Gasteiger partial charge is 0.508 e. The quantitative estimate of drug-likeness (QED) is 0.837. The van der Waals surface area contributed by atoms with Crippen molar-refractivity contribution in [1.82, 2.24) is 9.80 Å². The minimum absolute atomic E-state index is 0.0448. The number of rotatable bonds is 2. The first-order chi connectivity index (χ1) is 10.1. The fraction of sp³-hybridized carbons (Fsp3) is 0.533. The Morgan fingerprint density at radius 2 is 1.95 bits per heavy atom. The van der Waals surface area contributed by atoms with Crippen molar-refractivity contribution < 1.29 is 19.7 Å². The Morgan fingerprint density at radius 3 is 2.67 bits per heavy atom. The van der Waals surface area contributed by atoms with Gasteiger partial charge in [0.1, 0.15) is 11.5 Å². The zero-order chi connectivity index (χ0) is 14.8. The van der Waals surface area contributed by atoms with Crippen molar-refractivity contribution >= 4 is 5.91 Å². The highest BCUT2D eigenvalue weighted by Gasteiger charge is 2.32. The van der Waals surface area contributed by atoms with E-state index >= 15 is 0 Å². The molecule has 0 aromatic heterocycles. The highest BCUT2D eigenvalue weighted by molar-refractivity contribution is 5.97. The maximum atomic E-state index is 12.4. The van der Waals surface area contributed by atoms with Crippen LogP contribution in [0.25, 0.3) is 0 Å². The van der Waals surface area contributed by atoms with Gasteiger partial charge in [-0.2, -0.15) is 0 Å². The van der Waals surface area contributed by atoms with Crippen molar-refractivity contribution in [3.05, 3.63) is 23.8 Å². The summed E-state index contributed by atoms with van der Waals surface area (Å²) in [5.74, 6) is -0.394. The number of hydrogen-bond acceptors (Lipinski definition) is 5. The van der Waals surface area contributed by atoms with Gasteiger partial charge in [-0.25, -0.2) is 0 Å². The molecule has 114 valence electrons. The van der Waals surface area contributed by atoms with Gasteiger partial charge in [0.05, 0.1) is 18.8 Å². The molecule has 2 aliphatic heterocycles. The Bertz CT molecular complexity index is 528. The van der Waals surface area contributed by atoms with E-state index in [1.165, 1.54) is 18.2 Å². The molecule has 0 saturated carbocycles. The predicted molar refractivity (Wildman–Crippen MR) is 76.5 cm³/mol. The number of nitrogens with zero attached hydrogens (tertiary/aromatic N) is 2. The van der Waals surface area contributed by atoms with Gasteiger partial charge in [0, 0.05) is 38.3 Å². The van der Waals surface area contributed by atoms with Crippen molar-refractivity contribution in [2.75, 3.05) is 39.4 Å². The van der Waals surface area contributed by atoms with E-state index in [4.69, 9.17) is 4.74 Å². The van der Waals surface area contributed by atoms with Gasteiger partial charge in [-0.3, -0.25) is 9.69 Å². The van der Waals surface area contributed by atoms with Gasteiger partial charge in [0.25, 0.3) is 5.91 Å². The van der Waals surface area contributed by atoms with E-state index in [2.05, 4.69) is 4.90 Å². The Morgan fingerprint density at radius 1 is 1.19 bits per heavy atom. The van der Waals surface area contributed by atoms with Crippen LogP contribution in [0.4, 0.5) is 0 Å². The van der Waals surface area contributed by atoms with Gasteiger partial charge in [-0.05, 0) is 18.6 Å². The summed E-state index contributed by atoms with van der Waals surface area (Å²) in [5, 5.41) is 19.1. The number of phenols is 2. The molecule has 0 aliphatic carbocycles. The maximum absolute atomic E-state index is 12.4. The highest BCUT2D eigenvalue weighted by atomic mass is 16.5. The lowest BCUT2D eigenvalue weighted by molar-refractivity contribution is 0.0185. The average molecular weight is 292 g/mol. The Labute approximate surface area is 123 Å². The molecule has 1 aromatic rings. The molecule has 2 N–H and O–H groups in total. The molecular formula is C15H20N2O4. The molecule has 1 amide bonds. The van der Waals surface area contributed by atoms with Crippen molar-refractivity contribution in [2.45, 2.75) is 12.5 Å². The minimum atomic E-state index is -0.178. The summed E-state index contributed by atoms with van der Waals surface area (Å²) in [6.07, 6.45) is 0.949. The van der Waals surface area contributed by atoms with E-state index in [9.17, 15) is 15.0 Å².